The van der Waals surface area contributed by atoms with E-state index < -0.39 is 0 Å². The number of imidazole rings is 1. The number of nitrogens with one attached hydrogen (secondary N) is 1. The molecule has 0 bridgehead atoms. The second kappa shape index (κ2) is 6.68. The molecule has 0 radical (unpaired) electrons. The number of nitrogens with zero attached hydrogens (tertiary/aromatic N) is 4. The highest BCUT2D eigenvalue weighted by Crippen LogP contribution is 2.21. The van der Waals surface area contributed by atoms with E-state index in [0.29, 0.717) is 12.3 Å². The van der Waals surface area contributed by atoms with Crippen LogP contribution < -0.4 is 0 Å². The Morgan fingerprint density at radius 3 is 3.14 bits per heavy atom. The predicted octanol–water partition coefficient (Wildman–Crippen LogP) is 2.06. The summed E-state index contributed by atoms with van der Waals surface area (Å²) >= 11 is 0. The molecule has 1 N–H and O–H groups in total. The highest BCUT2D eigenvalue weighted by atomic mass is 16.2. The van der Waals surface area contributed by atoms with E-state index in [1.807, 2.05) is 18.0 Å². The lowest BCUT2D eigenvalue weighted by Crippen LogP contribution is -2.40. The van der Waals surface area contributed by atoms with Crippen LogP contribution in [-0.4, -0.2) is 43.8 Å². The summed E-state index contributed by atoms with van der Waals surface area (Å²) in [5, 5.41) is 0. The summed E-state index contributed by atoms with van der Waals surface area (Å²) in [5.41, 5.74) is 1.73. The van der Waals surface area contributed by atoms with Gasteiger partial charge in [-0.15, -0.1) is 0 Å². The fraction of sp³-hybridized carbons (Fsp3) is 0.500. The number of aromatic nitrogens is 4. The van der Waals surface area contributed by atoms with Crippen molar-refractivity contribution >= 4 is 5.91 Å². The number of carbonyl (C=O) groups is 1. The van der Waals surface area contributed by atoms with Gasteiger partial charge in [0.15, 0.2) is 5.82 Å². The van der Waals surface area contributed by atoms with Crippen LogP contribution in [0.2, 0.25) is 0 Å². The Hall–Kier alpha value is -2.24. The van der Waals surface area contributed by atoms with Crippen LogP contribution in [0, 0.1) is 5.92 Å². The maximum Gasteiger partial charge on any atom is 0.222 e. The number of aromatic amines is 1. The van der Waals surface area contributed by atoms with Crippen LogP contribution in [0.5, 0.6) is 0 Å². The summed E-state index contributed by atoms with van der Waals surface area (Å²) in [6.07, 6.45) is 10.7. The van der Waals surface area contributed by atoms with E-state index in [2.05, 4.69) is 19.9 Å². The molecule has 3 heterocycles. The van der Waals surface area contributed by atoms with Gasteiger partial charge in [0, 0.05) is 38.1 Å². The fourth-order valence-electron chi connectivity index (χ4n) is 3.00. The van der Waals surface area contributed by atoms with E-state index in [4.69, 9.17) is 0 Å². The van der Waals surface area contributed by atoms with Crippen molar-refractivity contribution in [2.75, 3.05) is 13.1 Å². The molecule has 1 aliphatic heterocycles. The summed E-state index contributed by atoms with van der Waals surface area (Å²) < 4.78 is 0. The Bertz CT molecular complexity index is 625. The number of carbonyl (C=O) groups excluding carboxylic acids is 1. The maximum atomic E-state index is 11.9. The van der Waals surface area contributed by atoms with Gasteiger partial charge in [-0.2, -0.15) is 0 Å². The van der Waals surface area contributed by atoms with E-state index in [1.54, 1.807) is 18.6 Å². The lowest BCUT2D eigenvalue weighted by Gasteiger charge is -2.32. The van der Waals surface area contributed by atoms with E-state index in [0.717, 1.165) is 49.6 Å². The van der Waals surface area contributed by atoms with E-state index in [1.165, 1.54) is 0 Å². The Balaban J connectivity index is 1.68. The molecule has 0 saturated carbocycles. The Morgan fingerprint density at radius 2 is 2.36 bits per heavy atom. The van der Waals surface area contributed by atoms with Crippen molar-refractivity contribution in [3.05, 3.63) is 30.5 Å². The van der Waals surface area contributed by atoms with Crippen molar-refractivity contribution in [2.24, 2.45) is 5.92 Å². The SMILES string of the molecule is CCC(=O)N1CCC[C@@H](Cc2cncc(-c3ncc[nH]3)n2)C1. The van der Waals surface area contributed by atoms with Gasteiger partial charge in [0.25, 0.3) is 0 Å². The van der Waals surface area contributed by atoms with Gasteiger partial charge in [0.05, 0.1) is 11.9 Å². The normalized spacial score (nSPS) is 18.4. The van der Waals surface area contributed by atoms with Crippen LogP contribution in [0.25, 0.3) is 11.5 Å². The fourth-order valence-corrected chi connectivity index (χ4v) is 3.00. The van der Waals surface area contributed by atoms with Crippen molar-refractivity contribution in [3.8, 4) is 11.5 Å². The summed E-state index contributed by atoms with van der Waals surface area (Å²) in [4.78, 5) is 30.0. The molecule has 1 fully saturated rings. The average Bonchev–Trinajstić information content (AvgIpc) is 3.09. The number of H-pyrrole nitrogens is 1. The minimum absolute atomic E-state index is 0.250. The molecule has 0 aromatic carbocycles. The second-order valence-corrected chi connectivity index (χ2v) is 5.74. The summed E-state index contributed by atoms with van der Waals surface area (Å²) in [5.74, 6) is 1.45. The number of piperidine rings is 1. The molecule has 0 unspecified atom stereocenters. The molecule has 2 aromatic heterocycles. The third kappa shape index (κ3) is 3.32. The van der Waals surface area contributed by atoms with Crippen molar-refractivity contribution in [1.29, 1.82) is 0 Å². The van der Waals surface area contributed by atoms with Crippen LogP contribution in [-0.2, 0) is 11.2 Å². The molecule has 6 nitrogen and oxygen atoms in total. The first-order valence-electron chi connectivity index (χ1n) is 7.84. The second-order valence-electron chi connectivity index (χ2n) is 5.74. The molecule has 1 atom stereocenters. The van der Waals surface area contributed by atoms with Crippen molar-refractivity contribution in [1.82, 2.24) is 24.8 Å². The average molecular weight is 299 g/mol. The zero-order chi connectivity index (χ0) is 15.4. The third-order valence-corrected chi connectivity index (χ3v) is 4.10. The first kappa shape index (κ1) is 14.7. The molecule has 0 aliphatic carbocycles. The van der Waals surface area contributed by atoms with Crippen LogP contribution in [0.15, 0.2) is 24.8 Å². The minimum Gasteiger partial charge on any atom is -0.343 e. The van der Waals surface area contributed by atoms with E-state index in [-0.39, 0.29) is 5.91 Å². The molecule has 1 aliphatic rings. The molecule has 0 spiro atoms. The predicted molar refractivity (Wildman–Crippen MR) is 82.9 cm³/mol. The monoisotopic (exact) mass is 299 g/mol. The van der Waals surface area contributed by atoms with Crippen LogP contribution in [0.1, 0.15) is 31.9 Å². The molecular formula is C16H21N5O. The minimum atomic E-state index is 0.250. The van der Waals surface area contributed by atoms with Crippen molar-refractivity contribution < 1.29 is 4.79 Å². The third-order valence-electron chi connectivity index (χ3n) is 4.10. The quantitative estimate of drug-likeness (QED) is 0.937. The van der Waals surface area contributed by atoms with Gasteiger partial charge in [0.2, 0.25) is 5.91 Å². The van der Waals surface area contributed by atoms with Crippen LogP contribution >= 0.6 is 0 Å². The molecule has 3 rings (SSSR count). The van der Waals surface area contributed by atoms with E-state index >= 15 is 0 Å². The number of hydrogen-bond acceptors (Lipinski definition) is 4. The number of rotatable bonds is 4. The van der Waals surface area contributed by atoms with Crippen LogP contribution in [0.3, 0.4) is 0 Å². The Kier molecular flexibility index (Phi) is 4.46. The molecule has 2 aromatic rings. The van der Waals surface area contributed by atoms with Crippen molar-refractivity contribution in [2.45, 2.75) is 32.6 Å². The van der Waals surface area contributed by atoms with E-state index in [9.17, 15) is 4.79 Å². The van der Waals surface area contributed by atoms with Gasteiger partial charge in [-0.05, 0) is 25.2 Å². The standard InChI is InChI=1S/C16H21N5O/c1-2-15(22)21-7-3-4-12(11-21)8-13-9-17-10-14(20-13)16-18-5-6-19-16/h5-6,9-10,12H,2-4,7-8,11H2,1H3,(H,18,19)/t12-/m0/s1. The number of hydrogen-bond donors (Lipinski definition) is 1. The summed E-state index contributed by atoms with van der Waals surface area (Å²) in [6, 6.07) is 0. The smallest absolute Gasteiger partial charge is 0.222 e. The lowest BCUT2D eigenvalue weighted by atomic mass is 9.93. The first-order valence-corrected chi connectivity index (χ1v) is 7.84. The molecule has 116 valence electrons. The molecule has 6 heteroatoms. The van der Waals surface area contributed by atoms with Gasteiger partial charge in [-0.1, -0.05) is 6.92 Å². The zero-order valence-corrected chi connectivity index (χ0v) is 12.8. The summed E-state index contributed by atoms with van der Waals surface area (Å²) in [7, 11) is 0. The number of amides is 1. The maximum absolute atomic E-state index is 11.9. The molecule has 1 saturated heterocycles. The topological polar surface area (TPSA) is 74.8 Å². The largest absolute Gasteiger partial charge is 0.343 e. The van der Waals surface area contributed by atoms with Gasteiger partial charge in [-0.3, -0.25) is 9.78 Å². The lowest BCUT2D eigenvalue weighted by molar-refractivity contribution is -0.132. The highest BCUT2D eigenvalue weighted by Gasteiger charge is 2.23. The summed E-state index contributed by atoms with van der Waals surface area (Å²) in [6.45, 7) is 3.64. The van der Waals surface area contributed by atoms with Gasteiger partial charge in [0.1, 0.15) is 5.69 Å². The van der Waals surface area contributed by atoms with Crippen LogP contribution in [0.4, 0.5) is 0 Å². The Labute approximate surface area is 130 Å². The molecule has 22 heavy (non-hydrogen) atoms. The first-order chi connectivity index (χ1) is 10.8. The highest BCUT2D eigenvalue weighted by molar-refractivity contribution is 5.75. The molecular weight excluding hydrogens is 278 g/mol. The Morgan fingerprint density at radius 1 is 1.45 bits per heavy atom. The van der Waals surface area contributed by atoms with Gasteiger partial charge >= 0.3 is 0 Å². The molecule has 1 amide bonds. The van der Waals surface area contributed by atoms with Gasteiger partial charge < -0.3 is 9.88 Å². The zero-order valence-electron chi connectivity index (χ0n) is 12.8. The van der Waals surface area contributed by atoms with Crippen molar-refractivity contribution in [3.63, 3.8) is 0 Å². The van der Waals surface area contributed by atoms with Gasteiger partial charge in [-0.25, -0.2) is 9.97 Å². The number of likely N-dealkylation sites (tertiary alicyclic amines) is 1.